The van der Waals surface area contributed by atoms with Crippen molar-refractivity contribution in [2.24, 2.45) is 0 Å². The van der Waals surface area contributed by atoms with Gasteiger partial charge in [0.1, 0.15) is 6.04 Å². The van der Waals surface area contributed by atoms with Crippen LogP contribution >= 0.6 is 11.3 Å². The maximum absolute atomic E-state index is 13.2. The molecule has 0 fully saturated rings. The summed E-state index contributed by atoms with van der Waals surface area (Å²) < 4.78 is 0. The average Bonchev–Trinajstić information content (AvgIpc) is 3.37. The lowest BCUT2D eigenvalue weighted by molar-refractivity contribution is -0.123. The molecule has 5 nitrogen and oxygen atoms in total. The Hall–Kier alpha value is -2.96. The van der Waals surface area contributed by atoms with E-state index in [0.717, 1.165) is 18.7 Å². The number of carbonyl (C=O) groups excluding carboxylic acids is 2. The maximum atomic E-state index is 13.2. The number of nitrogens with zero attached hydrogens (tertiary/aromatic N) is 1. The van der Waals surface area contributed by atoms with Crippen LogP contribution in [0.25, 0.3) is 0 Å². The Balaban J connectivity index is 1.74. The summed E-state index contributed by atoms with van der Waals surface area (Å²) in [7, 11) is 0. The Kier molecular flexibility index (Phi) is 9.01. The molecule has 2 aromatic carbocycles. The molecule has 0 radical (unpaired) electrons. The van der Waals surface area contributed by atoms with Gasteiger partial charge >= 0.3 is 0 Å². The highest BCUT2D eigenvalue weighted by Gasteiger charge is 2.25. The summed E-state index contributed by atoms with van der Waals surface area (Å²) in [5.74, 6) is -0.426. The topological polar surface area (TPSA) is 61.4 Å². The van der Waals surface area contributed by atoms with E-state index >= 15 is 0 Å². The lowest BCUT2D eigenvalue weighted by atomic mass is 10.0. The van der Waals surface area contributed by atoms with Gasteiger partial charge in [-0.1, -0.05) is 62.4 Å². The molecule has 0 aliphatic rings. The van der Waals surface area contributed by atoms with E-state index in [9.17, 15) is 9.59 Å². The van der Waals surface area contributed by atoms with Crippen LogP contribution in [0.4, 0.5) is 0 Å². The molecule has 1 heterocycles. The second-order valence-corrected chi connectivity index (χ2v) is 8.40. The van der Waals surface area contributed by atoms with Crippen LogP contribution in [0, 0.1) is 0 Å². The van der Waals surface area contributed by atoms with Crippen molar-refractivity contribution in [3.8, 4) is 0 Å². The van der Waals surface area contributed by atoms with E-state index in [0.29, 0.717) is 18.5 Å². The number of amides is 2. The van der Waals surface area contributed by atoms with Crippen LogP contribution in [-0.2, 0) is 11.2 Å². The van der Waals surface area contributed by atoms with Gasteiger partial charge in [-0.15, -0.1) is 0 Å². The van der Waals surface area contributed by atoms with Gasteiger partial charge in [-0.3, -0.25) is 14.5 Å². The Morgan fingerprint density at radius 1 is 0.938 bits per heavy atom. The van der Waals surface area contributed by atoms with Gasteiger partial charge in [0.15, 0.2) is 0 Å². The van der Waals surface area contributed by atoms with Gasteiger partial charge in [-0.05, 0) is 53.2 Å². The molecule has 0 bridgehead atoms. The number of thiophene rings is 1. The minimum Gasteiger partial charge on any atom is -0.352 e. The van der Waals surface area contributed by atoms with E-state index in [1.54, 1.807) is 23.5 Å². The largest absolute Gasteiger partial charge is 0.352 e. The van der Waals surface area contributed by atoms with Gasteiger partial charge in [-0.2, -0.15) is 11.3 Å². The van der Waals surface area contributed by atoms with Crippen molar-refractivity contribution in [3.63, 3.8) is 0 Å². The highest BCUT2D eigenvalue weighted by atomic mass is 32.1. The number of rotatable bonds is 11. The number of likely N-dealkylation sites (N-methyl/N-ethyl adjacent to an activating group) is 1. The molecule has 2 atom stereocenters. The zero-order valence-corrected chi connectivity index (χ0v) is 19.5. The van der Waals surface area contributed by atoms with Crippen LogP contribution in [0.1, 0.15) is 41.4 Å². The molecule has 1 aromatic heterocycles. The monoisotopic (exact) mass is 449 g/mol. The molecular weight excluding hydrogens is 418 g/mol. The predicted octanol–water partition coefficient (Wildman–Crippen LogP) is 4.29. The van der Waals surface area contributed by atoms with E-state index in [4.69, 9.17) is 0 Å². The normalized spacial score (nSPS) is 12.8. The van der Waals surface area contributed by atoms with E-state index in [1.807, 2.05) is 48.5 Å². The fourth-order valence-corrected chi connectivity index (χ4v) is 4.50. The van der Waals surface area contributed by atoms with Gasteiger partial charge in [-0.25, -0.2) is 0 Å². The summed E-state index contributed by atoms with van der Waals surface area (Å²) >= 11 is 1.66. The smallest absolute Gasteiger partial charge is 0.251 e. The third kappa shape index (κ3) is 6.52. The quantitative estimate of drug-likeness (QED) is 0.459. The van der Waals surface area contributed by atoms with Crippen LogP contribution in [0.15, 0.2) is 77.5 Å². The Bertz CT molecular complexity index is 957. The third-order valence-electron chi connectivity index (χ3n) is 5.59. The third-order valence-corrected chi connectivity index (χ3v) is 6.29. The van der Waals surface area contributed by atoms with Crippen molar-refractivity contribution in [1.82, 2.24) is 15.5 Å². The first-order valence-corrected chi connectivity index (χ1v) is 12.0. The van der Waals surface area contributed by atoms with Crippen LogP contribution in [-0.4, -0.2) is 42.4 Å². The second kappa shape index (κ2) is 12.2. The molecule has 0 saturated carbocycles. The molecule has 2 unspecified atom stereocenters. The number of hydrogen-bond donors (Lipinski definition) is 2. The summed E-state index contributed by atoms with van der Waals surface area (Å²) in [6.45, 7) is 6.53. The first-order chi connectivity index (χ1) is 15.6. The number of carbonyl (C=O) groups is 2. The molecule has 0 aliphatic carbocycles. The average molecular weight is 450 g/mol. The zero-order valence-electron chi connectivity index (χ0n) is 18.7. The summed E-state index contributed by atoms with van der Waals surface area (Å²) in [5.41, 5.74) is 2.74. The molecule has 0 saturated heterocycles. The van der Waals surface area contributed by atoms with Crippen molar-refractivity contribution in [2.45, 2.75) is 32.4 Å². The summed E-state index contributed by atoms with van der Waals surface area (Å²) in [6, 6.07) is 20.3. The van der Waals surface area contributed by atoms with Crippen molar-refractivity contribution < 1.29 is 9.59 Å². The van der Waals surface area contributed by atoms with E-state index in [-0.39, 0.29) is 17.9 Å². The molecule has 3 rings (SSSR count). The molecule has 0 spiro atoms. The highest BCUT2D eigenvalue weighted by Crippen LogP contribution is 2.22. The van der Waals surface area contributed by atoms with E-state index < -0.39 is 6.04 Å². The summed E-state index contributed by atoms with van der Waals surface area (Å²) in [4.78, 5) is 28.4. The number of nitrogens with one attached hydrogen (secondary N) is 2. The highest BCUT2D eigenvalue weighted by molar-refractivity contribution is 7.08. The Labute approximate surface area is 194 Å². The minimum atomic E-state index is -0.662. The van der Waals surface area contributed by atoms with Gasteiger partial charge in [0.2, 0.25) is 5.91 Å². The Morgan fingerprint density at radius 3 is 2.19 bits per heavy atom. The molecule has 6 heteroatoms. The van der Waals surface area contributed by atoms with Gasteiger partial charge < -0.3 is 10.6 Å². The van der Waals surface area contributed by atoms with Crippen LogP contribution in [0.3, 0.4) is 0 Å². The standard InChI is InChI=1S/C26H31N3O2S/c1-3-29(4-2)24(22-15-16-32-19-22)18-27-26(31)23(17-20-11-7-5-8-12-20)28-25(30)21-13-9-6-10-14-21/h5-16,19,23-24H,3-4,17-18H2,1-2H3,(H,27,31)(H,28,30). The van der Waals surface area contributed by atoms with Crippen LogP contribution in [0.5, 0.6) is 0 Å². The predicted molar refractivity (Wildman–Crippen MR) is 131 cm³/mol. The Morgan fingerprint density at radius 2 is 1.59 bits per heavy atom. The SMILES string of the molecule is CCN(CC)C(CNC(=O)C(Cc1ccccc1)NC(=O)c1ccccc1)c1ccsc1. The molecule has 2 N–H and O–H groups in total. The lowest BCUT2D eigenvalue weighted by Gasteiger charge is -2.30. The van der Waals surface area contributed by atoms with E-state index in [1.165, 1.54) is 5.56 Å². The zero-order chi connectivity index (χ0) is 22.8. The molecule has 32 heavy (non-hydrogen) atoms. The molecule has 3 aromatic rings. The molecule has 168 valence electrons. The van der Waals surface area contributed by atoms with Crippen LogP contribution < -0.4 is 10.6 Å². The van der Waals surface area contributed by atoms with Crippen molar-refractivity contribution in [1.29, 1.82) is 0 Å². The lowest BCUT2D eigenvalue weighted by Crippen LogP contribution is -2.49. The van der Waals surface area contributed by atoms with Gasteiger partial charge in [0.25, 0.3) is 5.91 Å². The van der Waals surface area contributed by atoms with Crippen molar-refractivity contribution in [2.75, 3.05) is 19.6 Å². The van der Waals surface area contributed by atoms with E-state index in [2.05, 4.69) is 46.2 Å². The maximum Gasteiger partial charge on any atom is 0.251 e. The fraction of sp³-hybridized carbons (Fsp3) is 0.308. The second-order valence-electron chi connectivity index (χ2n) is 7.62. The summed E-state index contributed by atoms with van der Waals surface area (Å²) in [5, 5.41) is 10.2. The van der Waals surface area contributed by atoms with Crippen molar-refractivity contribution in [3.05, 3.63) is 94.2 Å². The molecule has 2 amide bonds. The number of hydrogen-bond acceptors (Lipinski definition) is 4. The molecular formula is C26H31N3O2S. The van der Waals surface area contributed by atoms with Gasteiger partial charge in [0, 0.05) is 18.5 Å². The first-order valence-electron chi connectivity index (χ1n) is 11.1. The van der Waals surface area contributed by atoms with Crippen LogP contribution in [0.2, 0.25) is 0 Å². The molecule has 0 aliphatic heterocycles. The minimum absolute atomic E-state index is 0.0994. The van der Waals surface area contributed by atoms with Crippen molar-refractivity contribution >= 4 is 23.2 Å². The fourth-order valence-electron chi connectivity index (χ4n) is 3.80. The first kappa shape index (κ1) is 23.7. The van der Waals surface area contributed by atoms with Gasteiger partial charge in [0.05, 0.1) is 6.04 Å². The number of benzene rings is 2. The summed E-state index contributed by atoms with van der Waals surface area (Å²) in [6.07, 6.45) is 0.430.